The Morgan fingerprint density at radius 1 is 1.19 bits per heavy atom. The number of amides is 1. The van der Waals surface area contributed by atoms with E-state index in [0.717, 1.165) is 34.4 Å². The molecule has 2 bridgehead atoms. The summed E-state index contributed by atoms with van der Waals surface area (Å²) in [6.45, 7) is 10.5. The summed E-state index contributed by atoms with van der Waals surface area (Å²) in [7, 11) is 3.75. The van der Waals surface area contributed by atoms with Crippen molar-refractivity contribution in [2.24, 2.45) is 29.1 Å². The number of hydrogen-bond donors (Lipinski definition) is 4. The van der Waals surface area contributed by atoms with Crippen LogP contribution in [0, 0.1) is 36.0 Å². The Hall–Kier alpha value is -2.98. The predicted octanol–water partition coefficient (Wildman–Crippen LogP) is 4.09. The number of hydrogen-bond acceptors (Lipinski definition) is 7. The van der Waals surface area contributed by atoms with Crippen LogP contribution in [0.4, 0.5) is 5.69 Å². The smallest absolute Gasteiger partial charge is 0.335 e. The van der Waals surface area contributed by atoms with Gasteiger partial charge in [-0.25, -0.2) is 4.79 Å². The highest BCUT2D eigenvalue weighted by Gasteiger charge is 2.57. The van der Waals surface area contributed by atoms with Gasteiger partial charge in [0.1, 0.15) is 12.1 Å². The number of carbonyl (C=O) groups excluding carboxylic acids is 1. The van der Waals surface area contributed by atoms with Crippen LogP contribution in [-0.4, -0.2) is 77.3 Å². The van der Waals surface area contributed by atoms with E-state index in [0.29, 0.717) is 23.2 Å². The number of aliphatic hydroxyl groups excluding tert-OH is 2. The highest BCUT2D eigenvalue weighted by molar-refractivity contribution is 5.91. The van der Waals surface area contributed by atoms with E-state index in [1.807, 2.05) is 50.2 Å². The lowest BCUT2D eigenvalue weighted by molar-refractivity contribution is -0.183. The molecule has 3 aliphatic carbocycles. The second kappa shape index (κ2) is 11.8. The van der Waals surface area contributed by atoms with E-state index in [-0.39, 0.29) is 30.7 Å². The van der Waals surface area contributed by atoms with E-state index >= 15 is 0 Å². The zero-order valence-corrected chi connectivity index (χ0v) is 26.4. The highest BCUT2D eigenvalue weighted by Crippen LogP contribution is 2.61. The summed E-state index contributed by atoms with van der Waals surface area (Å²) in [4.78, 5) is 33.9. The molecule has 234 valence electrons. The lowest BCUT2D eigenvalue weighted by atomic mass is 9.45. The summed E-state index contributed by atoms with van der Waals surface area (Å²) in [6, 6.07) is 10.4. The molecule has 9 heteroatoms. The van der Waals surface area contributed by atoms with Crippen molar-refractivity contribution in [2.75, 3.05) is 25.6 Å². The third-order valence-electron chi connectivity index (χ3n) is 10.8. The molecule has 6 rings (SSSR count). The zero-order valence-electron chi connectivity index (χ0n) is 26.4. The monoisotopic (exact) mass is 593 g/mol. The van der Waals surface area contributed by atoms with Crippen molar-refractivity contribution in [3.05, 3.63) is 53.1 Å². The molecule has 9 nitrogen and oxygen atoms in total. The second-order valence-corrected chi connectivity index (χ2v) is 13.8. The lowest BCUT2D eigenvalue weighted by Crippen LogP contribution is -2.62. The summed E-state index contributed by atoms with van der Waals surface area (Å²) < 4.78 is 0. The minimum absolute atomic E-state index is 0.0615. The molecule has 2 aromatic rings. The lowest BCUT2D eigenvalue weighted by Gasteiger charge is -2.62. The van der Waals surface area contributed by atoms with Crippen molar-refractivity contribution in [1.82, 2.24) is 10.4 Å². The average molecular weight is 594 g/mol. The van der Waals surface area contributed by atoms with E-state index in [9.17, 15) is 24.9 Å². The van der Waals surface area contributed by atoms with Gasteiger partial charge in [-0.05, 0) is 90.3 Å². The summed E-state index contributed by atoms with van der Waals surface area (Å²) in [5.41, 5.74) is 4.78. The molecule has 0 radical (unpaired) electrons. The van der Waals surface area contributed by atoms with Crippen LogP contribution in [-0.2, 0) is 16.2 Å². The number of fused-ring (bicyclic) bond motifs is 2. The van der Waals surface area contributed by atoms with Gasteiger partial charge in [0.05, 0.1) is 24.8 Å². The van der Waals surface area contributed by atoms with Crippen LogP contribution in [0.3, 0.4) is 0 Å². The fourth-order valence-electron chi connectivity index (χ4n) is 7.97. The quantitative estimate of drug-likeness (QED) is 0.343. The normalized spacial score (nSPS) is 30.4. The number of aromatic carboxylic acids is 1. The van der Waals surface area contributed by atoms with Crippen LogP contribution >= 0.6 is 0 Å². The van der Waals surface area contributed by atoms with Crippen LogP contribution in [0.15, 0.2) is 36.4 Å². The number of aliphatic hydroxyl groups is 2. The van der Waals surface area contributed by atoms with Crippen molar-refractivity contribution in [1.29, 1.82) is 0 Å². The molecular weight excluding hydrogens is 546 g/mol. The van der Waals surface area contributed by atoms with Crippen LogP contribution in [0.5, 0.6) is 0 Å². The van der Waals surface area contributed by atoms with Crippen molar-refractivity contribution < 1.29 is 29.7 Å². The molecule has 3 saturated carbocycles. The number of carboxylic acids is 1. The van der Waals surface area contributed by atoms with Crippen molar-refractivity contribution in [2.45, 2.75) is 78.3 Å². The number of carboxylic acid groups (broad SMARTS) is 1. The molecule has 0 unspecified atom stereocenters. The number of benzene rings is 2. The molecule has 0 spiro atoms. The third kappa shape index (κ3) is 5.68. The van der Waals surface area contributed by atoms with E-state index < -0.39 is 30.1 Å². The second-order valence-electron chi connectivity index (χ2n) is 13.8. The van der Waals surface area contributed by atoms with E-state index in [1.165, 1.54) is 6.42 Å². The van der Waals surface area contributed by atoms with Gasteiger partial charge in [-0.2, -0.15) is 5.06 Å². The van der Waals surface area contributed by atoms with Gasteiger partial charge in [0.2, 0.25) is 5.91 Å². The fraction of sp³-hybridized carbons (Fsp3) is 0.588. The minimum atomic E-state index is -0.995. The van der Waals surface area contributed by atoms with Gasteiger partial charge in [-0.15, -0.1) is 0 Å². The van der Waals surface area contributed by atoms with Crippen LogP contribution in [0.1, 0.15) is 62.0 Å². The fourth-order valence-corrected chi connectivity index (χ4v) is 7.97. The average Bonchev–Trinajstić information content (AvgIpc) is 3.33. The first-order chi connectivity index (χ1) is 20.2. The van der Waals surface area contributed by atoms with Gasteiger partial charge in [-0.3, -0.25) is 9.63 Å². The maximum atomic E-state index is 14.0. The first kappa shape index (κ1) is 31.4. The predicted molar refractivity (Wildman–Crippen MR) is 165 cm³/mol. The molecule has 43 heavy (non-hydrogen) atoms. The molecule has 1 amide bonds. The van der Waals surface area contributed by atoms with Crippen LogP contribution < -0.4 is 10.2 Å². The number of anilines is 1. The Bertz CT molecular complexity index is 1370. The van der Waals surface area contributed by atoms with Gasteiger partial charge >= 0.3 is 5.97 Å². The van der Waals surface area contributed by atoms with Gasteiger partial charge in [-0.1, -0.05) is 39.0 Å². The molecular formula is C34H47N3O6. The molecule has 1 heterocycles. The summed E-state index contributed by atoms with van der Waals surface area (Å²) in [6.07, 6.45) is 0.566. The molecule has 4 aliphatic rings. The van der Waals surface area contributed by atoms with E-state index in [1.54, 1.807) is 24.1 Å². The Morgan fingerprint density at radius 2 is 1.91 bits per heavy atom. The molecule has 4 N–H and O–H groups in total. The number of carbonyl (C=O) groups is 2. The molecule has 0 aromatic heterocycles. The molecule has 1 aliphatic heterocycles. The van der Waals surface area contributed by atoms with Gasteiger partial charge in [0.15, 0.2) is 0 Å². The van der Waals surface area contributed by atoms with Gasteiger partial charge in [0.25, 0.3) is 0 Å². The summed E-state index contributed by atoms with van der Waals surface area (Å²) >= 11 is 0. The van der Waals surface area contributed by atoms with Gasteiger partial charge < -0.3 is 25.5 Å². The number of nitrogens with one attached hydrogen (secondary N) is 1. The van der Waals surface area contributed by atoms with Crippen LogP contribution in [0.25, 0.3) is 11.1 Å². The molecule has 4 fully saturated rings. The molecule has 8 atom stereocenters. The van der Waals surface area contributed by atoms with Crippen molar-refractivity contribution >= 4 is 17.6 Å². The largest absolute Gasteiger partial charge is 0.478 e. The Labute approximate surface area is 254 Å². The highest BCUT2D eigenvalue weighted by atomic mass is 16.7. The number of rotatable bonds is 9. The van der Waals surface area contributed by atoms with Crippen molar-refractivity contribution in [3.63, 3.8) is 0 Å². The Kier molecular flexibility index (Phi) is 8.66. The van der Waals surface area contributed by atoms with Crippen molar-refractivity contribution in [3.8, 4) is 11.1 Å². The number of hydroxylamine groups is 2. The summed E-state index contributed by atoms with van der Waals surface area (Å²) in [5, 5.41) is 35.6. The number of nitrogens with zero attached hydrogens (tertiary/aromatic N) is 2. The third-order valence-corrected chi connectivity index (χ3v) is 10.8. The summed E-state index contributed by atoms with van der Waals surface area (Å²) in [5.74, 6) is -0.269. The van der Waals surface area contributed by atoms with Crippen LogP contribution in [0.2, 0.25) is 0 Å². The first-order valence-electron chi connectivity index (χ1n) is 15.4. The molecule has 2 aromatic carbocycles. The van der Waals surface area contributed by atoms with Gasteiger partial charge in [0, 0.05) is 31.7 Å². The van der Waals surface area contributed by atoms with E-state index in [4.69, 9.17) is 4.84 Å². The molecule has 1 saturated heterocycles. The zero-order chi connectivity index (χ0) is 31.4. The minimum Gasteiger partial charge on any atom is -0.478 e. The maximum absolute atomic E-state index is 14.0. The Balaban J connectivity index is 1.43. The maximum Gasteiger partial charge on any atom is 0.335 e. The SMILES string of the molecule is Cc1c(CN2O[C@@H](CO)[C@@H]([C@H](C)O)[C@H]2C(=O)N[C@H]2C[C@@H]3C[C@H]([C@@H]2C)C3(C)C)cccc1-c1cc(C(=O)O)cc(N(C)C)c1. The Morgan fingerprint density at radius 3 is 2.49 bits per heavy atom. The standard InChI is InChI=1S/C34H47N3O6/c1-18-21(9-8-10-26(18)22-11-23(33(41)42)13-25(12-22)36(6)7)16-37-31(30(20(3)39)29(17-38)43-37)32(40)35-28-15-24-14-27(19(28)2)34(24,4)5/h8-13,19-20,24,27-31,38-39H,14-17H2,1-7H3,(H,35,40)(H,41,42)/t19-,20-,24-,27+,28-,29-,30+,31-/m0/s1. The topological polar surface area (TPSA) is 123 Å². The van der Waals surface area contributed by atoms with E-state index in [2.05, 4.69) is 26.1 Å². The first-order valence-corrected chi connectivity index (χ1v) is 15.4.